The first-order chi connectivity index (χ1) is 11.1. The predicted octanol–water partition coefficient (Wildman–Crippen LogP) is 3.39. The van der Waals surface area contributed by atoms with Crippen molar-refractivity contribution in [1.29, 1.82) is 0 Å². The highest BCUT2D eigenvalue weighted by atomic mass is 16.5. The minimum atomic E-state index is -0.615. The molecule has 0 saturated carbocycles. The summed E-state index contributed by atoms with van der Waals surface area (Å²) in [5.41, 5.74) is 2.00. The molecule has 0 spiro atoms. The van der Waals surface area contributed by atoms with Crippen LogP contribution >= 0.6 is 0 Å². The van der Waals surface area contributed by atoms with Crippen molar-refractivity contribution in [2.45, 2.75) is 26.2 Å². The lowest BCUT2D eigenvalue weighted by Gasteiger charge is -2.15. The summed E-state index contributed by atoms with van der Waals surface area (Å²) in [7, 11) is 0. The van der Waals surface area contributed by atoms with Gasteiger partial charge in [-0.3, -0.25) is 4.79 Å². The van der Waals surface area contributed by atoms with E-state index in [1.165, 1.54) is 6.20 Å². The summed E-state index contributed by atoms with van der Waals surface area (Å²) in [6.07, 6.45) is 2.47. The molecule has 1 heterocycles. The Labute approximate surface area is 135 Å². The molecule has 0 aliphatic heterocycles. The molecule has 1 unspecified atom stereocenters. The number of nitrogens with one attached hydrogen (secondary N) is 1. The topological polar surface area (TPSA) is 68.3 Å². The molecule has 120 valence electrons. The van der Waals surface area contributed by atoms with E-state index in [-0.39, 0.29) is 18.2 Å². The van der Waals surface area contributed by atoms with E-state index in [4.69, 9.17) is 4.74 Å². The minimum absolute atomic E-state index is 0.181. The van der Waals surface area contributed by atoms with Gasteiger partial charge in [0.25, 0.3) is 5.91 Å². The van der Waals surface area contributed by atoms with Crippen LogP contribution in [0.25, 0.3) is 0 Å². The van der Waals surface area contributed by atoms with Gasteiger partial charge in [0.2, 0.25) is 0 Å². The Bertz CT molecular complexity index is 671. The zero-order valence-corrected chi connectivity index (χ0v) is 13.3. The van der Waals surface area contributed by atoms with E-state index in [0.717, 1.165) is 17.7 Å². The molecule has 0 aliphatic carbocycles. The van der Waals surface area contributed by atoms with Gasteiger partial charge in [-0.2, -0.15) is 0 Å². The van der Waals surface area contributed by atoms with Crippen LogP contribution in [-0.4, -0.2) is 23.5 Å². The molecule has 5 heteroatoms. The zero-order valence-electron chi connectivity index (χ0n) is 13.3. The number of aromatic nitrogens is 1. The number of benzene rings is 1. The van der Waals surface area contributed by atoms with Gasteiger partial charge < -0.3 is 10.1 Å². The van der Waals surface area contributed by atoms with Gasteiger partial charge in [-0.05, 0) is 36.1 Å². The number of esters is 1. The van der Waals surface area contributed by atoms with Gasteiger partial charge in [0.05, 0.1) is 0 Å². The van der Waals surface area contributed by atoms with E-state index >= 15 is 0 Å². The largest absolute Gasteiger partial charge is 0.451 e. The lowest BCUT2D eigenvalue weighted by atomic mass is 9.97. The number of hydrogen-bond donors (Lipinski definition) is 1. The maximum atomic E-state index is 12.0. The predicted molar refractivity (Wildman–Crippen MR) is 88.3 cm³/mol. The van der Waals surface area contributed by atoms with Crippen molar-refractivity contribution in [2.24, 2.45) is 0 Å². The Hall–Kier alpha value is -2.69. The zero-order chi connectivity index (χ0) is 16.7. The van der Waals surface area contributed by atoms with Crippen LogP contribution in [0.4, 0.5) is 5.69 Å². The van der Waals surface area contributed by atoms with Crippen LogP contribution in [-0.2, 0) is 9.53 Å². The van der Waals surface area contributed by atoms with Gasteiger partial charge in [-0.25, -0.2) is 9.78 Å². The van der Waals surface area contributed by atoms with Crippen molar-refractivity contribution in [1.82, 2.24) is 4.98 Å². The third-order valence-corrected chi connectivity index (χ3v) is 3.59. The fourth-order valence-electron chi connectivity index (χ4n) is 2.14. The van der Waals surface area contributed by atoms with Gasteiger partial charge in [0.15, 0.2) is 6.61 Å². The molecule has 2 rings (SSSR count). The van der Waals surface area contributed by atoms with Gasteiger partial charge in [-0.15, -0.1) is 0 Å². The summed E-state index contributed by atoms with van der Waals surface area (Å²) in [5, 5.41) is 2.80. The Morgan fingerprint density at radius 1 is 1.17 bits per heavy atom. The van der Waals surface area contributed by atoms with E-state index in [9.17, 15) is 9.59 Å². The average molecular weight is 312 g/mol. The fourth-order valence-corrected chi connectivity index (χ4v) is 2.14. The molecule has 0 aliphatic rings. The lowest BCUT2D eigenvalue weighted by molar-refractivity contribution is -0.119. The molecule has 0 radical (unpaired) electrons. The molecule has 1 N–H and O–H groups in total. The number of carbonyl (C=O) groups excluding carboxylic acids is 2. The first-order valence-corrected chi connectivity index (χ1v) is 7.58. The summed E-state index contributed by atoms with van der Waals surface area (Å²) in [6.45, 7) is 3.86. The van der Waals surface area contributed by atoms with E-state index in [1.54, 1.807) is 18.2 Å². The quantitative estimate of drug-likeness (QED) is 0.830. The molecule has 23 heavy (non-hydrogen) atoms. The second-order valence-electron chi connectivity index (χ2n) is 5.24. The highest BCUT2D eigenvalue weighted by Gasteiger charge is 2.13. The minimum Gasteiger partial charge on any atom is -0.451 e. The average Bonchev–Trinajstić information content (AvgIpc) is 2.60. The number of para-hydroxylation sites is 1. The molecule has 0 bridgehead atoms. The first kappa shape index (κ1) is 16.7. The van der Waals surface area contributed by atoms with Crippen LogP contribution in [0.2, 0.25) is 0 Å². The molecule has 1 atom stereocenters. The van der Waals surface area contributed by atoms with Crippen LogP contribution in [0.5, 0.6) is 0 Å². The van der Waals surface area contributed by atoms with Gasteiger partial charge in [-0.1, -0.05) is 38.1 Å². The number of rotatable bonds is 6. The summed E-state index contributed by atoms with van der Waals surface area (Å²) < 4.78 is 4.98. The van der Waals surface area contributed by atoms with Crippen molar-refractivity contribution in [3.05, 3.63) is 59.9 Å². The van der Waals surface area contributed by atoms with Crippen molar-refractivity contribution >= 4 is 17.6 Å². The number of nitrogens with zero attached hydrogens (tertiary/aromatic N) is 1. The highest BCUT2D eigenvalue weighted by Crippen LogP contribution is 2.26. The maximum Gasteiger partial charge on any atom is 0.357 e. The summed E-state index contributed by atoms with van der Waals surface area (Å²) in [6, 6.07) is 12.6. The molecule has 1 aromatic heterocycles. The standard InChI is InChI=1S/C18H20N2O3/c1-3-13(2)14-8-4-5-9-15(14)20-17(21)12-23-18(22)16-10-6-7-11-19-16/h4-11,13H,3,12H2,1-2H3,(H,20,21). The Morgan fingerprint density at radius 3 is 2.61 bits per heavy atom. The third kappa shape index (κ3) is 4.64. The van der Waals surface area contributed by atoms with Gasteiger partial charge in [0, 0.05) is 11.9 Å². The number of ether oxygens (including phenoxy) is 1. The molecular weight excluding hydrogens is 292 g/mol. The normalized spacial score (nSPS) is 11.6. The van der Waals surface area contributed by atoms with Crippen LogP contribution in [0.3, 0.4) is 0 Å². The van der Waals surface area contributed by atoms with Gasteiger partial charge >= 0.3 is 5.97 Å². The molecule has 0 saturated heterocycles. The number of anilines is 1. The van der Waals surface area contributed by atoms with Crippen molar-refractivity contribution < 1.29 is 14.3 Å². The van der Waals surface area contributed by atoms with Crippen molar-refractivity contribution in [3.63, 3.8) is 0 Å². The van der Waals surface area contributed by atoms with Crippen LogP contribution in [0, 0.1) is 0 Å². The molecule has 2 aromatic rings. The first-order valence-electron chi connectivity index (χ1n) is 7.58. The van der Waals surface area contributed by atoms with E-state index in [0.29, 0.717) is 5.92 Å². The third-order valence-electron chi connectivity index (χ3n) is 3.59. The molecular formula is C18H20N2O3. The number of amides is 1. The second kappa shape index (κ2) is 8.08. The van der Waals surface area contributed by atoms with Crippen LogP contribution in [0.15, 0.2) is 48.7 Å². The van der Waals surface area contributed by atoms with E-state index in [1.807, 2.05) is 24.3 Å². The summed E-state index contributed by atoms with van der Waals surface area (Å²) >= 11 is 0. The second-order valence-corrected chi connectivity index (χ2v) is 5.24. The molecule has 0 fully saturated rings. The Balaban J connectivity index is 1.94. The highest BCUT2D eigenvalue weighted by molar-refractivity contribution is 5.95. The van der Waals surface area contributed by atoms with Crippen molar-refractivity contribution in [3.8, 4) is 0 Å². The van der Waals surface area contributed by atoms with E-state index < -0.39 is 5.97 Å². The summed E-state index contributed by atoms with van der Waals surface area (Å²) in [5.74, 6) is -0.649. The fraction of sp³-hybridized carbons (Fsp3) is 0.278. The molecule has 1 amide bonds. The Morgan fingerprint density at radius 2 is 1.91 bits per heavy atom. The Kier molecular flexibility index (Phi) is 5.86. The van der Waals surface area contributed by atoms with Crippen LogP contribution < -0.4 is 5.32 Å². The number of carbonyl (C=O) groups is 2. The number of hydrogen-bond acceptors (Lipinski definition) is 4. The smallest absolute Gasteiger partial charge is 0.357 e. The molecule has 5 nitrogen and oxygen atoms in total. The van der Waals surface area contributed by atoms with Gasteiger partial charge in [0.1, 0.15) is 5.69 Å². The number of pyridine rings is 1. The molecule has 1 aromatic carbocycles. The van der Waals surface area contributed by atoms with E-state index in [2.05, 4.69) is 24.1 Å². The SMILES string of the molecule is CCC(C)c1ccccc1NC(=O)COC(=O)c1ccccn1. The van der Waals surface area contributed by atoms with Crippen molar-refractivity contribution in [2.75, 3.05) is 11.9 Å². The monoisotopic (exact) mass is 312 g/mol. The maximum absolute atomic E-state index is 12.0. The lowest BCUT2D eigenvalue weighted by Crippen LogP contribution is -2.22. The van der Waals surface area contributed by atoms with Crippen LogP contribution in [0.1, 0.15) is 42.2 Å². The summed E-state index contributed by atoms with van der Waals surface area (Å²) in [4.78, 5) is 27.6.